The maximum Gasteiger partial charge on any atom is 0.319 e. The summed E-state index contributed by atoms with van der Waals surface area (Å²) in [7, 11) is 0. The minimum atomic E-state index is -0.00920. The summed E-state index contributed by atoms with van der Waals surface area (Å²) < 4.78 is 25.6. The zero-order valence-corrected chi connectivity index (χ0v) is 23.7. The average molecular weight is 602 g/mol. The molecule has 2 bridgehead atoms. The van der Waals surface area contributed by atoms with Crippen LogP contribution in [0.3, 0.4) is 0 Å². The van der Waals surface area contributed by atoms with Crippen LogP contribution in [0.1, 0.15) is 37.3 Å². The van der Waals surface area contributed by atoms with Crippen molar-refractivity contribution < 1.29 is 18.9 Å². The van der Waals surface area contributed by atoms with Crippen molar-refractivity contribution in [3.05, 3.63) is 44.9 Å². The van der Waals surface area contributed by atoms with Crippen molar-refractivity contribution in [2.24, 2.45) is 0 Å². The third-order valence-corrected chi connectivity index (χ3v) is 9.46. The zero-order chi connectivity index (χ0) is 26.0. The second-order valence-corrected chi connectivity index (χ2v) is 11.9. The summed E-state index contributed by atoms with van der Waals surface area (Å²) in [4.78, 5) is 12.4. The summed E-state index contributed by atoms with van der Waals surface area (Å²) in [5.41, 5.74) is 2.90. The van der Waals surface area contributed by atoms with Crippen molar-refractivity contribution in [1.82, 2.24) is 15.3 Å². The summed E-state index contributed by atoms with van der Waals surface area (Å²) in [6.45, 7) is 6.61. The van der Waals surface area contributed by atoms with Crippen LogP contribution in [0.4, 0.5) is 5.82 Å². The van der Waals surface area contributed by atoms with Crippen molar-refractivity contribution in [3.8, 4) is 17.5 Å². The Morgan fingerprint density at radius 3 is 2.87 bits per heavy atom. The van der Waals surface area contributed by atoms with Crippen molar-refractivity contribution in [3.63, 3.8) is 0 Å². The van der Waals surface area contributed by atoms with Crippen molar-refractivity contribution in [1.29, 1.82) is 0 Å². The number of nitrogens with zero attached hydrogens (tertiary/aromatic N) is 3. The van der Waals surface area contributed by atoms with Crippen LogP contribution in [0.5, 0.6) is 17.5 Å². The highest BCUT2D eigenvalue weighted by Gasteiger charge is 2.49. The standard InChI is InChI=1S/C28H30BrClN4O4/c1-14-3-5-16(6-4-14)12-36-26-22(29)23(30)25-21-24(26)32-28(38-18-7-8-35-15(2)9-18)33-27(21)34-17-10-19(31-11-17)20(34)13-37-25/h3-6,15,17-20,31H,7-13H2,1-2H3/t15?,17?,18?,19-,20?/m0/s1. The molecule has 4 aliphatic rings. The first-order valence-corrected chi connectivity index (χ1v) is 14.5. The highest BCUT2D eigenvalue weighted by molar-refractivity contribution is 9.10. The van der Waals surface area contributed by atoms with E-state index in [0.717, 1.165) is 42.6 Å². The van der Waals surface area contributed by atoms with Gasteiger partial charge in [-0.25, -0.2) is 0 Å². The Kier molecular flexibility index (Phi) is 6.30. The van der Waals surface area contributed by atoms with Gasteiger partial charge in [0.05, 0.1) is 28.6 Å². The molecule has 2 aromatic carbocycles. The Morgan fingerprint density at radius 2 is 2.05 bits per heavy atom. The first-order valence-electron chi connectivity index (χ1n) is 13.3. The molecule has 0 amide bonds. The predicted octanol–water partition coefficient (Wildman–Crippen LogP) is 5.19. The Bertz CT molecular complexity index is 1390. The normalized spacial score (nSPS) is 27.7. The van der Waals surface area contributed by atoms with E-state index in [1.54, 1.807) is 0 Å². The molecule has 3 fully saturated rings. The molecule has 0 saturated carbocycles. The fraction of sp³-hybridized carbons (Fsp3) is 0.500. The van der Waals surface area contributed by atoms with Crippen LogP contribution < -0.4 is 24.4 Å². The van der Waals surface area contributed by atoms with Gasteiger partial charge in [0.15, 0.2) is 11.5 Å². The number of aryl methyl sites for hydroxylation is 1. The van der Waals surface area contributed by atoms with Gasteiger partial charge >= 0.3 is 6.01 Å². The number of fused-ring (bicyclic) bond motifs is 6. The molecule has 0 aliphatic carbocycles. The predicted molar refractivity (Wildman–Crippen MR) is 149 cm³/mol. The number of halogens is 2. The van der Waals surface area contributed by atoms with E-state index in [1.165, 1.54) is 5.56 Å². The topological polar surface area (TPSA) is 78.0 Å². The highest BCUT2D eigenvalue weighted by Crippen LogP contribution is 2.52. The molecule has 5 atom stereocenters. The molecular formula is C28H30BrClN4O4. The monoisotopic (exact) mass is 600 g/mol. The lowest BCUT2D eigenvalue weighted by molar-refractivity contribution is -0.0275. The molecule has 4 unspecified atom stereocenters. The molecule has 4 aliphatic heterocycles. The maximum atomic E-state index is 6.93. The minimum Gasteiger partial charge on any atom is -0.489 e. The van der Waals surface area contributed by atoms with E-state index in [2.05, 4.69) is 64.3 Å². The Balaban J connectivity index is 1.36. The van der Waals surface area contributed by atoms with Gasteiger partial charge in [-0.05, 0) is 41.8 Å². The van der Waals surface area contributed by atoms with Crippen molar-refractivity contribution >= 4 is 44.3 Å². The second kappa shape index (κ2) is 9.70. The quantitative estimate of drug-likeness (QED) is 0.428. The lowest BCUT2D eigenvalue weighted by Gasteiger charge is -2.35. The van der Waals surface area contributed by atoms with Crippen molar-refractivity contribution in [2.75, 3.05) is 24.7 Å². The van der Waals surface area contributed by atoms with Gasteiger partial charge in [-0.2, -0.15) is 9.97 Å². The van der Waals surface area contributed by atoms with Crippen LogP contribution >= 0.6 is 27.5 Å². The van der Waals surface area contributed by atoms with Gasteiger partial charge in [-0.3, -0.25) is 0 Å². The number of nitrogens with one attached hydrogen (secondary N) is 1. The lowest BCUT2D eigenvalue weighted by Crippen LogP contribution is -2.53. The van der Waals surface area contributed by atoms with Crippen LogP contribution in [-0.4, -0.2) is 60.1 Å². The Hall–Kier alpha value is -2.33. The number of aromatic nitrogens is 2. The van der Waals surface area contributed by atoms with E-state index in [9.17, 15) is 0 Å². The van der Waals surface area contributed by atoms with Crippen LogP contribution in [0.15, 0.2) is 28.7 Å². The number of rotatable bonds is 5. The van der Waals surface area contributed by atoms with Crippen LogP contribution in [-0.2, 0) is 11.3 Å². The molecule has 38 heavy (non-hydrogen) atoms. The first kappa shape index (κ1) is 24.7. The average Bonchev–Trinajstić information content (AvgIpc) is 3.47. The number of piperazine rings is 1. The van der Waals surface area contributed by atoms with E-state index >= 15 is 0 Å². The van der Waals surface area contributed by atoms with Crippen LogP contribution in [0.2, 0.25) is 5.02 Å². The lowest BCUT2D eigenvalue weighted by atomic mass is 10.1. The Labute approximate surface area is 235 Å². The molecule has 8 nitrogen and oxygen atoms in total. The highest BCUT2D eigenvalue weighted by atomic mass is 79.9. The SMILES string of the molecule is Cc1ccc(COc2c(Br)c(Cl)c3c4c(nc(OC5CCOC(C)C5)nc24)N2C4CN[C@@H](C4)C2CO3)cc1. The fourth-order valence-electron chi connectivity index (χ4n) is 6.19. The molecule has 3 aromatic rings. The molecule has 5 heterocycles. The van der Waals surface area contributed by atoms with Crippen LogP contribution in [0.25, 0.3) is 10.9 Å². The number of benzene rings is 2. The maximum absolute atomic E-state index is 6.93. The summed E-state index contributed by atoms with van der Waals surface area (Å²) >= 11 is 10.6. The minimum absolute atomic E-state index is 0.00920. The van der Waals surface area contributed by atoms with Gasteiger partial charge in [0, 0.05) is 31.5 Å². The molecule has 0 spiro atoms. The summed E-state index contributed by atoms with van der Waals surface area (Å²) in [6, 6.07) is 9.47. The largest absolute Gasteiger partial charge is 0.489 e. The van der Waals surface area contributed by atoms with Gasteiger partial charge in [0.2, 0.25) is 0 Å². The zero-order valence-electron chi connectivity index (χ0n) is 21.4. The number of hydrogen-bond acceptors (Lipinski definition) is 8. The molecule has 7 rings (SSSR count). The van der Waals surface area contributed by atoms with Gasteiger partial charge in [-0.1, -0.05) is 41.4 Å². The first-order chi connectivity index (χ1) is 18.5. The second-order valence-electron chi connectivity index (χ2n) is 10.7. The van der Waals surface area contributed by atoms with Gasteiger partial charge in [0.1, 0.15) is 35.7 Å². The summed E-state index contributed by atoms with van der Waals surface area (Å²) in [6.07, 6.45) is 2.79. The molecule has 1 aromatic heterocycles. The fourth-order valence-corrected chi connectivity index (χ4v) is 6.90. The van der Waals surface area contributed by atoms with E-state index in [-0.39, 0.29) is 18.2 Å². The number of hydrogen-bond donors (Lipinski definition) is 1. The number of anilines is 1. The smallest absolute Gasteiger partial charge is 0.319 e. The van der Waals surface area contributed by atoms with Gasteiger partial charge < -0.3 is 29.2 Å². The molecule has 10 heteroatoms. The molecule has 200 valence electrons. The third kappa shape index (κ3) is 4.18. The molecule has 3 saturated heterocycles. The summed E-state index contributed by atoms with van der Waals surface area (Å²) in [5.74, 6) is 1.96. The number of ether oxygens (including phenoxy) is 4. The Morgan fingerprint density at radius 1 is 1.21 bits per heavy atom. The molecule has 0 radical (unpaired) electrons. The van der Waals surface area contributed by atoms with Crippen molar-refractivity contribution in [2.45, 2.75) is 70.1 Å². The third-order valence-electron chi connectivity index (χ3n) is 8.12. The van der Waals surface area contributed by atoms with E-state index in [1.807, 2.05) is 0 Å². The van der Waals surface area contributed by atoms with E-state index in [4.69, 9.17) is 40.5 Å². The molecular weight excluding hydrogens is 572 g/mol. The van der Waals surface area contributed by atoms with Crippen LogP contribution in [0, 0.1) is 6.92 Å². The molecule has 1 N–H and O–H groups in total. The summed E-state index contributed by atoms with van der Waals surface area (Å²) in [5, 5.41) is 4.87. The van der Waals surface area contributed by atoms with E-state index in [0.29, 0.717) is 64.4 Å². The van der Waals surface area contributed by atoms with E-state index < -0.39 is 0 Å². The van der Waals surface area contributed by atoms with Gasteiger partial charge in [-0.15, -0.1) is 0 Å². The van der Waals surface area contributed by atoms with Gasteiger partial charge in [0.25, 0.3) is 0 Å².